The van der Waals surface area contributed by atoms with Gasteiger partial charge in [0, 0.05) is 22.0 Å². The number of esters is 1. The number of fused-ring (bicyclic) bond motifs is 1. The van der Waals surface area contributed by atoms with Gasteiger partial charge >= 0.3 is 11.6 Å². The first-order chi connectivity index (χ1) is 14.0. The number of rotatable bonds is 5. The topological polar surface area (TPSA) is 117 Å². The number of ether oxygens (including phenoxy) is 1. The van der Waals surface area contributed by atoms with Gasteiger partial charge in [0.15, 0.2) is 0 Å². The zero-order valence-corrected chi connectivity index (χ0v) is 18.2. The number of aryl methyl sites for hydroxylation is 2. The second-order valence-electron chi connectivity index (χ2n) is 6.92. The van der Waals surface area contributed by atoms with Crippen LogP contribution in [0.15, 0.2) is 44.4 Å². The van der Waals surface area contributed by atoms with E-state index in [9.17, 15) is 18.0 Å². The third kappa shape index (κ3) is 4.40. The first-order valence-electron chi connectivity index (χ1n) is 9.07. The summed E-state index contributed by atoms with van der Waals surface area (Å²) in [6, 6.07) is 7.28. The molecule has 3 aromatic rings. The molecule has 7 nitrogen and oxygen atoms in total. The largest absolute Gasteiger partial charge is 0.457 e. The Hall–Kier alpha value is -2.68. The van der Waals surface area contributed by atoms with Gasteiger partial charge in [0.25, 0.3) is 0 Å². The maximum atomic E-state index is 12.6. The predicted molar refractivity (Wildman–Crippen MR) is 113 cm³/mol. The van der Waals surface area contributed by atoms with E-state index in [0.717, 1.165) is 5.56 Å². The summed E-state index contributed by atoms with van der Waals surface area (Å²) in [6.07, 6.45) is 0.664. The Labute approximate surface area is 178 Å². The van der Waals surface area contributed by atoms with Gasteiger partial charge < -0.3 is 9.15 Å². The summed E-state index contributed by atoms with van der Waals surface area (Å²) in [7, 11) is -4.00. The molecule has 0 saturated carbocycles. The number of sulfonamides is 1. The minimum Gasteiger partial charge on any atom is -0.457 e. The molecular weight excluding hydrogens is 430 g/mol. The van der Waals surface area contributed by atoms with Gasteiger partial charge in [0.2, 0.25) is 10.0 Å². The second-order valence-corrected chi connectivity index (χ2v) is 8.86. The fourth-order valence-electron chi connectivity index (χ4n) is 3.15. The Morgan fingerprint density at radius 1 is 1.13 bits per heavy atom. The quantitative estimate of drug-likeness (QED) is 0.469. The van der Waals surface area contributed by atoms with Crippen LogP contribution < -0.4 is 10.8 Å². The number of halogens is 1. The van der Waals surface area contributed by atoms with Crippen molar-refractivity contribution in [1.29, 1.82) is 0 Å². The van der Waals surface area contributed by atoms with Crippen molar-refractivity contribution in [3.05, 3.63) is 73.6 Å². The van der Waals surface area contributed by atoms with E-state index < -0.39 is 21.6 Å². The van der Waals surface area contributed by atoms with Crippen molar-refractivity contribution >= 4 is 38.6 Å². The van der Waals surface area contributed by atoms with Crippen LogP contribution in [0.2, 0.25) is 5.02 Å². The molecule has 30 heavy (non-hydrogen) atoms. The van der Waals surface area contributed by atoms with Crippen LogP contribution in [-0.2, 0) is 27.8 Å². The van der Waals surface area contributed by atoms with E-state index >= 15 is 0 Å². The molecule has 0 radical (unpaired) electrons. The molecule has 0 unspecified atom stereocenters. The monoisotopic (exact) mass is 449 g/mol. The molecule has 0 fully saturated rings. The molecule has 2 aromatic carbocycles. The van der Waals surface area contributed by atoms with E-state index in [4.69, 9.17) is 25.9 Å². The Morgan fingerprint density at radius 3 is 2.47 bits per heavy atom. The molecule has 0 aliphatic heterocycles. The summed E-state index contributed by atoms with van der Waals surface area (Å²) < 4.78 is 34.2. The fraction of sp³-hybridized carbons (Fsp3) is 0.238. The second kappa shape index (κ2) is 8.22. The number of hydrogen-bond donors (Lipinski definition) is 1. The van der Waals surface area contributed by atoms with Gasteiger partial charge in [0.1, 0.15) is 12.2 Å². The lowest BCUT2D eigenvalue weighted by molar-refractivity contribution is 0.0473. The first kappa shape index (κ1) is 22.0. The van der Waals surface area contributed by atoms with Crippen molar-refractivity contribution in [3.8, 4) is 0 Å². The molecule has 0 spiro atoms. The van der Waals surface area contributed by atoms with Crippen LogP contribution in [0.25, 0.3) is 11.0 Å². The summed E-state index contributed by atoms with van der Waals surface area (Å²) in [5.74, 6) is -0.749. The molecule has 0 saturated heterocycles. The zero-order valence-electron chi connectivity index (χ0n) is 16.6. The standard InChI is InChI=1S/C21H20ClNO6S/c1-4-13-6-18-16(9-17(13)22)15(8-20(24)29-18)10-28-21(25)14-5-11(2)12(3)19(7-14)30(23,26)27/h5-9H,4,10H2,1-3H3,(H2,23,26,27). The van der Waals surface area contributed by atoms with Gasteiger partial charge in [-0.1, -0.05) is 18.5 Å². The lowest BCUT2D eigenvalue weighted by atomic mass is 10.1. The molecule has 2 N–H and O–H groups in total. The van der Waals surface area contributed by atoms with Crippen molar-refractivity contribution < 1.29 is 22.4 Å². The van der Waals surface area contributed by atoms with Crippen LogP contribution in [0.3, 0.4) is 0 Å². The zero-order chi connectivity index (χ0) is 22.2. The minimum atomic E-state index is -4.00. The molecule has 0 aliphatic rings. The number of nitrogens with two attached hydrogens (primary N) is 1. The average molecular weight is 450 g/mol. The summed E-state index contributed by atoms with van der Waals surface area (Å²) in [6.45, 7) is 4.98. The summed E-state index contributed by atoms with van der Waals surface area (Å²) in [5, 5.41) is 6.30. The molecule has 158 valence electrons. The van der Waals surface area contributed by atoms with Gasteiger partial charge in [-0.2, -0.15) is 0 Å². The van der Waals surface area contributed by atoms with Gasteiger partial charge in [-0.05, 0) is 61.2 Å². The minimum absolute atomic E-state index is 0.0423. The molecule has 0 aliphatic carbocycles. The normalized spacial score (nSPS) is 11.6. The van der Waals surface area contributed by atoms with Crippen LogP contribution in [0.5, 0.6) is 0 Å². The third-order valence-corrected chi connectivity index (χ3v) is 6.29. The number of benzene rings is 2. The number of carbonyl (C=O) groups is 1. The van der Waals surface area contributed by atoms with Gasteiger partial charge in [0.05, 0.1) is 10.5 Å². The average Bonchev–Trinajstić information content (AvgIpc) is 2.66. The molecular formula is C21H20ClNO6S. The Balaban J connectivity index is 1.95. The van der Waals surface area contributed by atoms with E-state index in [0.29, 0.717) is 39.1 Å². The lowest BCUT2D eigenvalue weighted by Gasteiger charge is -2.12. The highest BCUT2D eigenvalue weighted by Crippen LogP contribution is 2.27. The fourth-order valence-corrected chi connectivity index (χ4v) is 4.32. The van der Waals surface area contributed by atoms with Crippen LogP contribution in [0.4, 0.5) is 0 Å². The maximum absolute atomic E-state index is 12.6. The van der Waals surface area contributed by atoms with E-state index in [1.54, 1.807) is 26.0 Å². The highest BCUT2D eigenvalue weighted by Gasteiger charge is 2.19. The highest BCUT2D eigenvalue weighted by atomic mass is 35.5. The van der Waals surface area contributed by atoms with Crippen LogP contribution >= 0.6 is 11.6 Å². The molecule has 0 amide bonds. The van der Waals surface area contributed by atoms with Crippen molar-refractivity contribution in [2.45, 2.75) is 38.7 Å². The maximum Gasteiger partial charge on any atom is 0.338 e. The van der Waals surface area contributed by atoms with Crippen molar-refractivity contribution in [1.82, 2.24) is 0 Å². The number of hydrogen-bond acceptors (Lipinski definition) is 6. The van der Waals surface area contributed by atoms with Crippen molar-refractivity contribution in [2.75, 3.05) is 0 Å². The molecule has 9 heteroatoms. The third-order valence-electron chi connectivity index (χ3n) is 4.90. The first-order valence-corrected chi connectivity index (χ1v) is 11.0. The van der Waals surface area contributed by atoms with E-state index in [-0.39, 0.29) is 17.1 Å². The van der Waals surface area contributed by atoms with E-state index in [1.807, 2.05) is 6.92 Å². The number of carbonyl (C=O) groups excluding carboxylic acids is 1. The van der Waals surface area contributed by atoms with E-state index in [1.165, 1.54) is 18.2 Å². The van der Waals surface area contributed by atoms with Crippen LogP contribution in [0, 0.1) is 13.8 Å². The van der Waals surface area contributed by atoms with Crippen molar-refractivity contribution in [3.63, 3.8) is 0 Å². The Kier molecular flexibility index (Phi) is 6.03. The Morgan fingerprint density at radius 2 is 1.83 bits per heavy atom. The van der Waals surface area contributed by atoms with Crippen LogP contribution in [-0.4, -0.2) is 14.4 Å². The summed E-state index contributed by atoms with van der Waals surface area (Å²) in [4.78, 5) is 24.3. The SMILES string of the molecule is CCc1cc2oc(=O)cc(COC(=O)c3cc(C)c(C)c(S(N)(=O)=O)c3)c2cc1Cl. The summed E-state index contributed by atoms with van der Waals surface area (Å²) in [5.41, 5.74) is 2.10. The summed E-state index contributed by atoms with van der Waals surface area (Å²) >= 11 is 6.27. The van der Waals surface area contributed by atoms with Gasteiger partial charge in [-0.25, -0.2) is 23.1 Å². The van der Waals surface area contributed by atoms with Crippen LogP contribution in [0.1, 0.15) is 39.5 Å². The van der Waals surface area contributed by atoms with E-state index in [2.05, 4.69) is 0 Å². The number of primary sulfonamides is 1. The molecule has 1 heterocycles. The highest BCUT2D eigenvalue weighted by molar-refractivity contribution is 7.89. The van der Waals surface area contributed by atoms with Gasteiger partial charge in [-0.15, -0.1) is 0 Å². The lowest BCUT2D eigenvalue weighted by Crippen LogP contribution is -2.16. The predicted octanol–water partition coefficient (Wildman–Crippen LogP) is 3.63. The molecule has 0 bridgehead atoms. The molecule has 3 rings (SSSR count). The molecule has 1 aromatic heterocycles. The smallest absolute Gasteiger partial charge is 0.338 e. The van der Waals surface area contributed by atoms with Crippen molar-refractivity contribution in [2.24, 2.45) is 5.14 Å². The Bertz CT molecular complexity index is 1330. The van der Waals surface area contributed by atoms with Gasteiger partial charge in [-0.3, -0.25) is 0 Å². The molecule has 0 atom stereocenters.